The fourth-order valence-electron chi connectivity index (χ4n) is 2.96. The molecule has 3 nitrogen and oxygen atoms in total. The normalized spacial score (nSPS) is 11.9. The predicted molar refractivity (Wildman–Crippen MR) is 109 cm³/mol. The van der Waals surface area contributed by atoms with Crippen LogP contribution in [-0.2, 0) is 4.79 Å². The van der Waals surface area contributed by atoms with Crippen molar-refractivity contribution in [1.29, 1.82) is 0 Å². The van der Waals surface area contributed by atoms with Crippen molar-refractivity contribution >= 4 is 23.5 Å². The van der Waals surface area contributed by atoms with Crippen molar-refractivity contribution in [3.8, 4) is 0 Å². The molecule has 0 heterocycles. The van der Waals surface area contributed by atoms with Gasteiger partial charge in [-0.25, -0.2) is 0 Å². The Balaban J connectivity index is 2.08. The van der Waals surface area contributed by atoms with Crippen LogP contribution >= 0.6 is 11.8 Å². The van der Waals surface area contributed by atoms with Gasteiger partial charge in [0, 0.05) is 17.4 Å². The summed E-state index contributed by atoms with van der Waals surface area (Å²) in [5.74, 6) is 0.477. The van der Waals surface area contributed by atoms with Crippen LogP contribution < -0.4 is 5.32 Å². The SMILES string of the molecule is CC(=O)NC(C)c1ccc(C(=O)CSc2c(C)c(C)cc(C)c2C)cc1. The van der Waals surface area contributed by atoms with Gasteiger partial charge in [-0.3, -0.25) is 9.59 Å². The van der Waals surface area contributed by atoms with Gasteiger partial charge in [-0.2, -0.15) is 0 Å². The van der Waals surface area contributed by atoms with Crippen molar-refractivity contribution in [2.45, 2.75) is 52.5 Å². The second kappa shape index (κ2) is 8.54. The topological polar surface area (TPSA) is 46.2 Å². The van der Waals surface area contributed by atoms with Crippen LogP contribution in [0.2, 0.25) is 0 Å². The Kier molecular flexibility index (Phi) is 6.65. The van der Waals surface area contributed by atoms with E-state index in [2.05, 4.69) is 39.1 Å². The Morgan fingerprint density at radius 3 is 2.04 bits per heavy atom. The second-order valence-corrected chi connectivity index (χ2v) is 7.83. The van der Waals surface area contributed by atoms with Gasteiger partial charge in [0.1, 0.15) is 0 Å². The molecule has 0 spiro atoms. The predicted octanol–water partition coefficient (Wildman–Crippen LogP) is 5.09. The number of thioether (sulfide) groups is 1. The van der Waals surface area contributed by atoms with Gasteiger partial charge in [0.15, 0.2) is 5.78 Å². The van der Waals surface area contributed by atoms with Crippen molar-refractivity contribution < 1.29 is 9.59 Å². The highest BCUT2D eigenvalue weighted by Crippen LogP contribution is 2.31. The number of amides is 1. The average molecular weight is 370 g/mol. The van der Waals surface area contributed by atoms with Crippen LogP contribution in [-0.4, -0.2) is 17.4 Å². The lowest BCUT2D eigenvalue weighted by Crippen LogP contribution is -2.23. The summed E-state index contributed by atoms with van der Waals surface area (Å²) in [6, 6.07) is 9.64. The molecule has 0 aromatic heterocycles. The van der Waals surface area contributed by atoms with Crippen LogP contribution in [0, 0.1) is 27.7 Å². The fourth-order valence-corrected chi connectivity index (χ4v) is 4.16. The van der Waals surface area contributed by atoms with Crippen LogP contribution in [0.3, 0.4) is 0 Å². The van der Waals surface area contributed by atoms with Crippen LogP contribution in [0.4, 0.5) is 0 Å². The highest BCUT2D eigenvalue weighted by Gasteiger charge is 2.13. The van der Waals surface area contributed by atoms with Crippen molar-refractivity contribution in [1.82, 2.24) is 5.32 Å². The Hall–Kier alpha value is -2.07. The zero-order valence-electron chi connectivity index (χ0n) is 16.4. The number of benzene rings is 2. The molecule has 2 aromatic rings. The first kappa shape index (κ1) is 20.2. The van der Waals surface area contributed by atoms with Gasteiger partial charge in [0.05, 0.1) is 11.8 Å². The summed E-state index contributed by atoms with van der Waals surface area (Å²) < 4.78 is 0. The van der Waals surface area contributed by atoms with Crippen molar-refractivity contribution in [2.75, 3.05) is 5.75 Å². The lowest BCUT2D eigenvalue weighted by Gasteiger charge is -2.15. The summed E-state index contributed by atoms with van der Waals surface area (Å²) in [5, 5.41) is 2.85. The van der Waals surface area contributed by atoms with Crippen LogP contribution in [0.25, 0.3) is 0 Å². The molecule has 1 atom stereocenters. The number of hydrogen-bond donors (Lipinski definition) is 1. The number of nitrogens with one attached hydrogen (secondary N) is 1. The third-order valence-electron chi connectivity index (χ3n) is 4.80. The molecule has 26 heavy (non-hydrogen) atoms. The standard InChI is InChI=1S/C22H27NO2S/c1-13-11-14(2)16(4)22(15(13)3)26-12-21(25)20-9-7-19(8-10-20)17(5)23-18(6)24/h7-11,17H,12H2,1-6H3,(H,23,24). The molecule has 0 bridgehead atoms. The van der Waals surface area contributed by atoms with Gasteiger partial charge in [-0.15, -0.1) is 11.8 Å². The highest BCUT2D eigenvalue weighted by molar-refractivity contribution is 8.00. The summed E-state index contributed by atoms with van der Waals surface area (Å²) in [4.78, 5) is 25.0. The van der Waals surface area contributed by atoms with Crippen LogP contribution in [0.1, 0.15) is 58.1 Å². The smallest absolute Gasteiger partial charge is 0.217 e. The van der Waals surface area contributed by atoms with Gasteiger partial charge in [-0.05, 0) is 62.4 Å². The van der Waals surface area contributed by atoms with Crippen LogP contribution in [0.5, 0.6) is 0 Å². The molecule has 0 saturated carbocycles. The Morgan fingerprint density at radius 1 is 1.00 bits per heavy atom. The number of rotatable bonds is 6. The van der Waals surface area contributed by atoms with Gasteiger partial charge < -0.3 is 5.32 Å². The van der Waals surface area contributed by atoms with E-state index in [-0.39, 0.29) is 17.7 Å². The Bertz CT molecular complexity index is 799. The first-order valence-corrected chi connectivity index (χ1v) is 9.79. The molecule has 0 aliphatic carbocycles. The van der Waals surface area contributed by atoms with E-state index in [1.54, 1.807) is 11.8 Å². The summed E-state index contributed by atoms with van der Waals surface area (Å²) in [5.41, 5.74) is 6.73. The molecule has 0 aliphatic heterocycles. The number of hydrogen-bond acceptors (Lipinski definition) is 3. The molecule has 1 N–H and O–H groups in total. The first-order chi connectivity index (χ1) is 12.2. The van der Waals surface area contributed by atoms with Crippen molar-refractivity contribution in [3.63, 3.8) is 0 Å². The third kappa shape index (κ3) is 4.76. The molecule has 4 heteroatoms. The minimum Gasteiger partial charge on any atom is -0.350 e. The molecule has 2 aromatic carbocycles. The van der Waals surface area contributed by atoms with Crippen molar-refractivity contribution in [2.24, 2.45) is 0 Å². The van der Waals surface area contributed by atoms with E-state index in [4.69, 9.17) is 0 Å². The van der Waals surface area contributed by atoms with E-state index in [9.17, 15) is 9.59 Å². The van der Waals surface area contributed by atoms with Crippen molar-refractivity contribution in [3.05, 3.63) is 63.7 Å². The Morgan fingerprint density at radius 2 is 1.54 bits per heavy atom. The average Bonchev–Trinajstić information content (AvgIpc) is 2.59. The molecule has 138 valence electrons. The highest BCUT2D eigenvalue weighted by atomic mass is 32.2. The maximum atomic E-state index is 12.6. The molecule has 0 fully saturated rings. The van der Waals surface area contributed by atoms with Crippen LogP contribution in [0.15, 0.2) is 35.2 Å². The zero-order valence-corrected chi connectivity index (χ0v) is 17.2. The molecule has 0 aliphatic rings. The molecular weight excluding hydrogens is 342 g/mol. The van der Waals surface area contributed by atoms with E-state index >= 15 is 0 Å². The van der Waals surface area contributed by atoms with E-state index < -0.39 is 0 Å². The quantitative estimate of drug-likeness (QED) is 0.570. The monoisotopic (exact) mass is 369 g/mol. The Labute approximate surface area is 160 Å². The number of carbonyl (C=O) groups is 2. The molecule has 0 saturated heterocycles. The minimum absolute atomic E-state index is 0.0618. The molecule has 1 amide bonds. The lowest BCUT2D eigenvalue weighted by atomic mass is 10.0. The maximum Gasteiger partial charge on any atom is 0.217 e. The molecule has 0 radical (unpaired) electrons. The molecule has 2 rings (SSSR count). The lowest BCUT2D eigenvalue weighted by molar-refractivity contribution is -0.119. The van der Waals surface area contributed by atoms with E-state index in [0.29, 0.717) is 11.3 Å². The summed E-state index contributed by atoms with van der Waals surface area (Å²) in [6.07, 6.45) is 0. The second-order valence-electron chi connectivity index (χ2n) is 6.85. The molecular formula is C22H27NO2S. The summed E-state index contributed by atoms with van der Waals surface area (Å²) >= 11 is 1.62. The van der Waals surface area contributed by atoms with Gasteiger partial charge in [-0.1, -0.05) is 30.3 Å². The summed E-state index contributed by atoms with van der Waals surface area (Å²) in [6.45, 7) is 11.9. The van der Waals surface area contributed by atoms with E-state index in [0.717, 1.165) is 5.56 Å². The number of ketones is 1. The van der Waals surface area contributed by atoms with E-state index in [1.165, 1.54) is 34.1 Å². The maximum absolute atomic E-state index is 12.6. The number of Topliss-reactive ketones (excluding diaryl/α,β-unsaturated/α-hetero) is 1. The van der Waals surface area contributed by atoms with E-state index in [1.807, 2.05) is 31.2 Å². The van der Waals surface area contributed by atoms with Gasteiger partial charge >= 0.3 is 0 Å². The zero-order chi connectivity index (χ0) is 19.4. The summed E-state index contributed by atoms with van der Waals surface area (Å²) in [7, 11) is 0. The number of carbonyl (C=O) groups excluding carboxylic acids is 2. The minimum atomic E-state index is -0.0633. The van der Waals surface area contributed by atoms with Gasteiger partial charge in [0.25, 0.3) is 0 Å². The van der Waals surface area contributed by atoms with Gasteiger partial charge in [0.2, 0.25) is 5.91 Å². The first-order valence-electron chi connectivity index (χ1n) is 8.81. The molecule has 1 unspecified atom stereocenters. The largest absolute Gasteiger partial charge is 0.350 e. The third-order valence-corrected chi connectivity index (χ3v) is 6.10. The fraction of sp³-hybridized carbons (Fsp3) is 0.364. The number of aryl methyl sites for hydroxylation is 2.